The van der Waals surface area contributed by atoms with E-state index < -0.39 is 18.0 Å². The molecule has 0 radical (unpaired) electrons. The van der Waals surface area contributed by atoms with Gasteiger partial charge in [0.05, 0.1) is 30.0 Å². The van der Waals surface area contributed by atoms with E-state index in [0.717, 1.165) is 15.3 Å². The Bertz CT molecular complexity index is 884. The van der Waals surface area contributed by atoms with Crippen LogP contribution >= 0.6 is 11.3 Å². The SMILES string of the molecule is COc1cc(F)ccc1O[C@@H]1CN(c2nc3ccccc3s2)CC[C@H]1O. The number of fused-ring (bicyclic) bond motifs is 1. The van der Waals surface area contributed by atoms with Crippen LogP contribution < -0.4 is 14.4 Å². The Morgan fingerprint density at radius 1 is 1.23 bits per heavy atom. The lowest BCUT2D eigenvalue weighted by molar-refractivity contribution is 0.0221. The molecule has 1 aliphatic heterocycles. The number of rotatable bonds is 4. The molecular weight excluding hydrogens is 355 g/mol. The van der Waals surface area contributed by atoms with Crippen LogP contribution in [-0.4, -0.2) is 42.5 Å². The number of benzene rings is 2. The fourth-order valence-electron chi connectivity index (χ4n) is 3.09. The van der Waals surface area contributed by atoms with Crippen LogP contribution in [0.15, 0.2) is 42.5 Å². The van der Waals surface area contributed by atoms with Crippen LogP contribution in [0.1, 0.15) is 6.42 Å². The van der Waals surface area contributed by atoms with Crippen molar-refractivity contribution in [2.24, 2.45) is 0 Å². The summed E-state index contributed by atoms with van der Waals surface area (Å²) in [5.41, 5.74) is 0.969. The van der Waals surface area contributed by atoms with Crippen molar-refractivity contribution >= 4 is 26.7 Å². The average Bonchev–Trinajstić information content (AvgIpc) is 3.09. The van der Waals surface area contributed by atoms with Crippen molar-refractivity contribution in [3.05, 3.63) is 48.3 Å². The van der Waals surface area contributed by atoms with Gasteiger partial charge < -0.3 is 19.5 Å². The van der Waals surface area contributed by atoms with Gasteiger partial charge in [-0.25, -0.2) is 9.37 Å². The number of para-hydroxylation sites is 1. The first-order valence-electron chi connectivity index (χ1n) is 8.43. The summed E-state index contributed by atoms with van der Waals surface area (Å²) in [4.78, 5) is 6.80. The Morgan fingerprint density at radius 2 is 2.08 bits per heavy atom. The highest BCUT2D eigenvalue weighted by molar-refractivity contribution is 7.22. The van der Waals surface area contributed by atoms with Gasteiger partial charge in [0, 0.05) is 12.6 Å². The molecule has 26 heavy (non-hydrogen) atoms. The first-order chi connectivity index (χ1) is 12.6. The average molecular weight is 374 g/mol. The molecule has 2 heterocycles. The minimum absolute atomic E-state index is 0.314. The second-order valence-electron chi connectivity index (χ2n) is 6.22. The van der Waals surface area contributed by atoms with Crippen LogP contribution in [0.4, 0.5) is 9.52 Å². The highest BCUT2D eigenvalue weighted by atomic mass is 32.1. The molecule has 0 aliphatic carbocycles. The van der Waals surface area contributed by atoms with Crippen LogP contribution in [0.5, 0.6) is 11.5 Å². The smallest absolute Gasteiger partial charge is 0.186 e. The van der Waals surface area contributed by atoms with Gasteiger partial charge in [0.2, 0.25) is 0 Å². The van der Waals surface area contributed by atoms with Crippen LogP contribution in [0.25, 0.3) is 10.2 Å². The Hall–Kier alpha value is -2.38. The third kappa shape index (κ3) is 3.32. The number of thiazole rings is 1. The van der Waals surface area contributed by atoms with Gasteiger partial charge in [-0.3, -0.25) is 0 Å². The zero-order valence-corrected chi connectivity index (χ0v) is 15.1. The van der Waals surface area contributed by atoms with E-state index in [1.165, 1.54) is 25.3 Å². The molecule has 1 aliphatic rings. The Kier molecular flexibility index (Phi) is 4.65. The van der Waals surface area contributed by atoms with Gasteiger partial charge in [-0.1, -0.05) is 23.5 Å². The second-order valence-corrected chi connectivity index (χ2v) is 7.23. The standard InChI is InChI=1S/C19H19FN2O3S/c1-24-16-10-12(20)6-7-15(16)25-17-11-22(9-8-14(17)23)19-21-13-4-2-3-5-18(13)26-19/h2-7,10,14,17,23H,8-9,11H2,1H3/t14-,17-/m1/s1. The number of nitrogens with zero attached hydrogens (tertiary/aromatic N) is 2. The van der Waals surface area contributed by atoms with Crippen LogP contribution in [0, 0.1) is 5.82 Å². The number of halogens is 1. The highest BCUT2D eigenvalue weighted by Crippen LogP contribution is 2.33. The van der Waals surface area contributed by atoms with E-state index in [9.17, 15) is 9.50 Å². The van der Waals surface area contributed by atoms with Gasteiger partial charge in [0.25, 0.3) is 0 Å². The molecule has 7 heteroatoms. The lowest BCUT2D eigenvalue weighted by Crippen LogP contribution is -2.49. The molecule has 5 nitrogen and oxygen atoms in total. The summed E-state index contributed by atoms with van der Waals surface area (Å²) in [6.07, 6.45) is -0.477. The molecule has 0 spiro atoms. The maximum atomic E-state index is 13.4. The zero-order valence-electron chi connectivity index (χ0n) is 14.3. The third-order valence-electron chi connectivity index (χ3n) is 4.48. The maximum absolute atomic E-state index is 13.4. The van der Waals surface area contributed by atoms with Crippen LogP contribution in [0.3, 0.4) is 0 Å². The third-order valence-corrected chi connectivity index (χ3v) is 5.58. The number of hydrogen-bond donors (Lipinski definition) is 1. The fourth-order valence-corrected chi connectivity index (χ4v) is 4.09. The zero-order chi connectivity index (χ0) is 18.1. The number of aliphatic hydroxyl groups is 1. The normalized spacial score (nSPS) is 20.3. The quantitative estimate of drug-likeness (QED) is 0.758. The van der Waals surface area contributed by atoms with Gasteiger partial charge in [0.15, 0.2) is 16.6 Å². The predicted molar refractivity (Wildman–Crippen MR) is 99.8 cm³/mol. The number of aromatic nitrogens is 1. The van der Waals surface area contributed by atoms with Crippen molar-refractivity contribution in [3.8, 4) is 11.5 Å². The first kappa shape index (κ1) is 17.1. The molecule has 4 rings (SSSR count). The van der Waals surface area contributed by atoms with E-state index >= 15 is 0 Å². The minimum atomic E-state index is -0.601. The summed E-state index contributed by atoms with van der Waals surface area (Å²) in [7, 11) is 1.46. The summed E-state index contributed by atoms with van der Waals surface area (Å²) >= 11 is 1.63. The van der Waals surface area contributed by atoms with Crippen molar-refractivity contribution in [2.75, 3.05) is 25.1 Å². The minimum Gasteiger partial charge on any atom is -0.493 e. The molecule has 1 saturated heterocycles. The fraction of sp³-hybridized carbons (Fsp3) is 0.316. The molecule has 2 atom stereocenters. The number of methoxy groups -OCH3 is 1. The molecule has 136 valence electrons. The molecule has 1 fully saturated rings. The van der Waals surface area contributed by atoms with Crippen molar-refractivity contribution in [3.63, 3.8) is 0 Å². The largest absolute Gasteiger partial charge is 0.493 e. The van der Waals surface area contributed by atoms with Crippen LogP contribution in [0.2, 0.25) is 0 Å². The molecule has 0 bridgehead atoms. The Labute approximate surface area is 154 Å². The summed E-state index contributed by atoms with van der Waals surface area (Å²) < 4.78 is 25.7. The van der Waals surface area contributed by atoms with Crippen molar-refractivity contribution in [1.29, 1.82) is 0 Å². The predicted octanol–water partition coefficient (Wildman–Crippen LogP) is 3.46. The topological polar surface area (TPSA) is 54.8 Å². The summed E-state index contributed by atoms with van der Waals surface area (Å²) in [5, 5.41) is 11.3. The van der Waals surface area contributed by atoms with Gasteiger partial charge in [-0.2, -0.15) is 0 Å². The van der Waals surface area contributed by atoms with Gasteiger partial charge in [-0.15, -0.1) is 0 Å². The van der Waals surface area contributed by atoms with E-state index in [1.54, 1.807) is 11.3 Å². The first-order valence-corrected chi connectivity index (χ1v) is 9.24. The van der Waals surface area contributed by atoms with E-state index in [1.807, 2.05) is 24.3 Å². The molecular formula is C19H19FN2O3S. The molecule has 2 aromatic carbocycles. The molecule has 1 aromatic heterocycles. The molecule has 0 unspecified atom stereocenters. The monoisotopic (exact) mass is 374 g/mol. The number of aliphatic hydroxyl groups excluding tert-OH is 1. The van der Waals surface area contributed by atoms with Crippen molar-refractivity contribution < 1.29 is 19.0 Å². The van der Waals surface area contributed by atoms with E-state index in [0.29, 0.717) is 31.0 Å². The molecule has 0 amide bonds. The number of hydrogen-bond acceptors (Lipinski definition) is 6. The van der Waals surface area contributed by atoms with Gasteiger partial charge in [0.1, 0.15) is 11.9 Å². The highest BCUT2D eigenvalue weighted by Gasteiger charge is 2.31. The number of piperidine rings is 1. The summed E-state index contributed by atoms with van der Waals surface area (Å²) in [6.45, 7) is 1.21. The lowest BCUT2D eigenvalue weighted by Gasteiger charge is -2.36. The Balaban J connectivity index is 1.55. The number of ether oxygens (including phenoxy) is 2. The maximum Gasteiger partial charge on any atom is 0.186 e. The molecule has 1 N–H and O–H groups in total. The summed E-state index contributed by atoms with van der Waals surface area (Å²) in [5.74, 6) is 0.341. The second kappa shape index (κ2) is 7.09. The van der Waals surface area contributed by atoms with Crippen LogP contribution in [-0.2, 0) is 0 Å². The molecule has 0 saturated carbocycles. The lowest BCUT2D eigenvalue weighted by atomic mass is 10.1. The van der Waals surface area contributed by atoms with Crippen molar-refractivity contribution in [2.45, 2.75) is 18.6 Å². The van der Waals surface area contributed by atoms with Gasteiger partial charge >= 0.3 is 0 Å². The van der Waals surface area contributed by atoms with Gasteiger partial charge in [-0.05, 0) is 30.7 Å². The summed E-state index contributed by atoms with van der Waals surface area (Å²) in [6, 6.07) is 12.1. The molecule has 3 aromatic rings. The number of anilines is 1. The Morgan fingerprint density at radius 3 is 2.88 bits per heavy atom. The van der Waals surface area contributed by atoms with E-state index in [-0.39, 0.29) is 0 Å². The van der Waals surface area contributed by atoms with E-state index in [2.05, 4.69) is 9.88 Å². The van der Waals surface area contributed by atoms with E-state index in [4.69, 9.17) is 9.47 Å². The van der Waals surface area contributed by atoms with Crippen molar-refractivity contribution in [1.82, 2.24) is 4.98 Å².